The van der Waals surface area contributed by atoms with Gasteiger partial charge in [-0.15, -0.1) is 0 Å². The molecule has 0 bridgehead atoms. The molecule has 1 fully saturated rings. The quantitative estimate of drug-likeness (QED) is 0.714. The molecule has 2 heterocycles. The number of nitrogens with zero attached hydrogens (tertiary/aromatic N) is 3. The van der Waals surface area contributed by atoms with Gasteiger partial charge >= 0.3 is 0 Å². The Hall–Kier alpha value is -2.61. The van der Waals surface area contributed by atoms with Gasteiger partial charge in [-0.2, -0.15) is 0 Å². The molecule has 0 amide bonds. The molecular weight excluding hydrogens is 376 g/mol. The average Bonchev–Trinajstić information content (AvgIpc) is 3.43. The first kappa shape index (κ1) is 18.7. The van der Waals surface area contributed by atoms with E-state index >= 15 is 0 Å². The number of aromatic nitrogens is 3. The van der Waals surface area contributed by atoms with Crippen molar-refractivity contribution in [2.45, 2.75) is 32.6 Å². The van der Waals surface area contributed by atoms with E-state index in [2.05, 4.69) is 9.29 Å². The Bertz CT molecular complexity index is 1220. The first-order valence-corrected chi connectivity index (χ1v) is 11.0. The van der Waals surface area contributed by atoms with E-state index in [0.717, 1.165) is 40.8 Å². The molecule has 0 radical (unpaired) electrons. The standard InChI is InChI=1S/C20H24N4O3S/c1-5-28(26,27)22-15-9-16(14-8-12(2)20(25)23(3)11-14)18-17(10-15)24(4)19(21-18)13-6-7-13/h8-11,13,22H,5-7H2,1-4H3. The van der Waals surface area contributed by atoms with Crippen LogP contribution in [0.1, 0.15) is 37.1 Å². The lowest BCUT2D eigenvalue weighted by Crippen LogP contribution is -2.18. The zero-order valence-corrected chi connectivity index (χ0v) is 17.3. The van der Waals surface area contributed by atoms with Gasteiger partial charge < -0.3 is 9.13 Å². The Morgan fingerprint density at radius 1 is 1.21 bits per heavy atom. The average molecular weight is 401 g/mol. The van der Waals surface area contributed by atoms with Gasteiger partial charge in [0, 0.05) is 42.9 Å². The van der Waals surface area contributed by atoms with Crippen LogP contribution in [0.4, 0.5) is 5.69 Å². The number of pyridine rings is 1. The SMILES string of the molecule is CCS(=O)(=O)Nc1cc(-c2cc(C)c(=O)n(C)c2)c2nc(C3CC3)n(C)c2c1. The summed E-state index contributed by atoms with van der Waals surface area (Å²) in [5.41, 5.74) is 4.42. The molecule has 1 aromatic carbocycles. The second-order valence-corrected chi connectivity index (χ2v) is 9.54. The number of fused-ring (bicyclic) bond motifs is 1. The molecule has 4 rings (SSSR count). The normalized spacial score (nSPS) is 14.6. The molecule has 0 atom stereocenters. The fourth-order valence-corrected chi connectivity index (χ4v) is 4.19. The Morgan fingerprint density at radius 2 is 1.93 bits per heavy atom. The van der Waals surface area contributed by atoms with Crippen LogP contribution in [-0.4, -0.2) is 28.3 Å². The van der Waals surface area contributed by atoms with Crippen LogP contribution in [0.15, 0.2) is 29.2 Å². The Labute approximate surface area is 164 Å². The van der Waals surface area contributed by atoms with Crippen LogP contribution in [0.3, 0.4) is 0 Å². The smallest absolute Gasteiger partial charge is 0.253 e. The Morgan fingerprint density at radius 3 is 2.54 bits per heavy atom. The summed E-state index contributed by atoms with van der Waals surface area (Å²) in [6.07, 6.45) is 4.02. The molecule has 1 aliphatic rings. The van der Waals surface area contributed by atoms with E-state index in [0.29, 0.717) is 17.2 Å². The lowest BCUT2D eigenvalue weighted by Gasteiger charge is -2.12. The van der Waals surface area contributed by atoms with Crippen LogP contribution in [0.25, 0.3) is 22.2 Å². The van der Waals surface area contributed by atoms with E-state index in [1.165, 1.54) is 0 Å². The molecule has 1 saturated carbocycles. The molecule has 7 nitrogen and oxygen atoms in total. The number of sulfonamides is 1. The van der Waals surface area contributed by atoms with Gasteiger partial charge in [-0.25, -0.2) is 13.4 Å². The maximum absolute atomic E-state index is 12.1. The Balaban J connectivity index is 2.00. The third-order valence-electron chi connectivity index (χ3n) is 5.29. The third kappa shape index (κ3) is 3.22. The fraction of sp³-hybridized carbons (Fsp3) is 0.400. The first-order chi connectivity index (χ1) is 13.2. The summed E-state index contributed by atoms with van der Waals surface area (Å²) in [4.78, 5) is 17.0. The highest BCUT2D eigenvalue weighted by molar-refractivity contribution is 7.92. The molecule has 1 aliphatic carbocycles. The maximum Gasteiger partial charge on any atom is 0.253 e. The molecule has 148 valence electrons. The summed E-state index contributed by atoms with van der Waals surface area (Å²) in [6, 6.07) is 5.47. The van der Waals surface area contributed by atoms with E-state index in [-0.39, 0.29) is 11.3 Å². The van der Waals surface area contributed by atoms with Gasteiger partial charge in [0.05, 0.1) is 22.5 Å². The maximum atomic E-state index is 12.1. The summed E-state index contributed by atoms with van der Waals surface area (Å²) in [7, 11) is 0.277. The van der Waals surface area contributed by atoms with Crippen molar-refractivity contribution in [3.63, 3.8) is 0 Å². The van der Waals surface area contributed by atoms with Crippen LogP contribution in [0, 0.1) is 6.92 Å². The number of hydrogen-bond acceptors (Lipinski definition) is 4. The highest BCUT2D eigenvalue weighted by Gasteiger charge is 2.29. The van der Waals surface area contributed by atoms with Gasteiger partial charge in [0.2, 0.25) is 10.0 Å². The van der Waals surface area contributed by atoms with Crippen molar-refractivity contribution in [3.05, 3.63) is 46.1 Å². The van der Waals surface area contributed by atoms with Crippen molar-refractivity contribution in [1.29, 1.82) is 0 Å². The molecule has 3 aromatic rings. The highest BCUT2D eigenvalue weighted by Crippen LogP contribution is 2.42. The highest BCUT2D eigenvalue weighted by atomic mass is 32.2. The zero-order valence-electron chi connectivity index (χ0n) is 16.5. The predicted molar refractivity (Wildman–Crippen MR) is 111 cm³/mol. The van der Waals surface area contributed by atoms with E-state index in [9.17, 15) is 13.2 Å². The number of benzene rings is 1. The number of rotatable bonds is 5. The van der Waals surface area contributed by atoms with Crippen LogP contribution in [0.5, 0.6) is 0 Å². The number of aryl methyl sites for hydroxylation is 3. The van der Waals surface area contributed by atoms with Crippen molar-refractivity contribution in [3.8, 4) is 11.1 Å². The molecule has 1 N–H and O–H groups in total. The predicted octanol–water partition coefficient (Wildman–Crippen LogP) is 2.89. The second-order valence-electron chi connectivity index (χ2n) is 7.53. The van der Waals surface area contributed by atoms with E-state index in [4.69, 9.17) is 4.98 Å². The minimum atomic E-state index is -3.41. The van der Waals surface area contributed by atoms with E-state index < -0.39 is 10.0 Å². The molecule has 0 aliphatic heterocycles. The monoisotopic (exact) mass is 400 g/mol. The summed E-state index contributed by atoms with van der Waals surface area (Å²) < 4.78 is 30.5. The van der Waals surface area contributed by atoms with Crippen LogP contribution in [0.2, 0.25) is 0 Å². The van der Waals surface area contributed by atoms with Crippen LogP contribution in [-0.2, 0) is 24.1 Å². The number of anilines is 1. The third-order valence-corrected chi connectivity index (χ3v) is 6.60. The summed E-state index contributed by atoms with van der Waals surface area (Å²) >= 11 is 0. The molecule has 0 unspecified atom stereocenters. The molecule has 8 heteroatoms. The van der Waals surface area contributed by atoms with Crippen molar-refractivity contribution in [2.75, 3.05) is 10.5 Å². The largest absolute Gasteiger partial charge is 0.331 e. The number of nitrogens with one attached hydrogen (secondary N) is 1. The van der Waals surface area contributed by atoms with Gasteiger partial charge in [-0.05, 0) is 44.9 Å². The molecule has 0 saturated heterocycles. The number of hydrogen-bond donors (Lipinski definition) is 1. The minimum absolute atomic E-state index is 0.00196. The summed E-state index contributed by atoms with van der Waals surface area (Å²) in [5.74, 6) is 1.48. The van der Waals surface area contributed by atoms with Crippen molar-refractivity contribution >= 4 is 26.7 Å². The van der Waals surface area contributed by atoms with Crippen molar-refractivity contribution < 1.29 is 8.42 Å². The summed E-state index contributed by atoms with van der Waals surface area (Å²) in [5, 5.41) is 0. The van der Waals surface area contributed by atoms with Crippen LogP contribution >= 0.6 is 0 Å². The van der Waals surface area contributed by atoms with Crippen LogP contribution < -0.4 is 10.3 Å². The Kier molecular flexibility index (Phi) is 4.33. The van der Waals surface area contributed by atoms with Crippen molar-refractivity contribution in [1.82, 2.24) is 14.1 Å². The van der Waals surface area contributed by atoms with Gasteiger partial charge in [-0.1, -0.05) is 0 Å². The van der Waals surface area contributed by atoms with Gasteiger partial charge in [0.25, 0.3) is 5.56 Å². The number of imidazole rings is 1. The van der Waals surface area contributed by atoms with Gasteiger partial charge in [-0.3, -0.25) is 9.52 Å². The first-order valence-electron chi connectivity index (χ1n) is 9.38. The van der Waals surface area contributed by atoms with Crippen molar-refractivity contribution in [2.24, 2.45) is 14.1 Å². The molecule has 0 spiro atoms. The van der Waals surface area contributed by atoms with E-state index in [1.54, 1.807) is 37.7 Å². The second kappa shape index (κ2) is 6.48. The molecule has 28 heavy (non-hydrogen) atoms. The lowest BCUT2D eigenvalue weighted by atomic mass is 10.0. The lowest BCUT2D eigenvalue weighted by molar-refractivity contribution is 0.602. The fourth-order valence-electron chi connectivity index (χ4n) is 3.57. The minimum Gasteiger partial charge on any atom is -0.331 e. The van der Waals surface area contributed by atoms with Gasteiger partial charge in [0.15, 0.2) is 0 Å². The topological polar surface area (TPSA) is 86.0 Å². The van der Waals surface area contributed by atoms with Gasteiger partial charge in [0.1, 0.15) is 5.82 Å². The summed E-state index contributed by atoms with van der Waals surface area (Å²) in [6.45, 7) is 3.38. The molecule has 2 aromatic heterocycles. The molecular formula is C20H24N4O3S. The van der Waals surface area contributed by atoms with E-state index in [1.807, 2.05) is 19.2 Å². The zero-order chi connectivity index (χ0) is 20.2.